The van der Waals surface area contributed by atoms with E-state index in [0.717, 1.165) is 13.0 Å². The minimum atomic E-state index is 0.530. The molecule has 2 heterocycles. The maximum atomic E-state index is 4.51. The van der Waals surface area contributed by atoms with Crippen LogP contribution >= 0.6 is 0 Å². The zero-order valence-electron chi connectivity index (χ0n) is 9.33. The molecule has 1 aromatic heterocycles. The first-order valence-electron chi connectivity index (χ1n) is 5.17. The molecule has 78 valence electrons. The summed E-state index contributed by atoms with van der Waals surface area (Å²) in [6, 6.07) is 0.530. The van der Waals surface area contributed by atoms with Crippen LogP contribution in [0, 0.1) is 0 Å². The van der Waals surface area contributed by atoms with E-state index in [9.17, 15) is 0 Å². The molecule has 0 aromatic carbocycles. The van der Waals surface area contributed by atoms with Crippen LogP contribution in [0.25, 0.3) is 0 Å². The molecule has 4 heteroatoms. The Morgan fingerprint density at radius 1 is 1.50 bits per heavy atom. The number of rotatable bonds is 1. The summed E-state index contributed by atoms with van der Waals surface area (Å²) in [5, 5.41) is 7.97. The van der Waals surface area contributed by atoms with Gasteiger partial charge in [-0.2, -0.15) is 5.10 Å². The Labute approximate surface area is 84.9 Å². The summed E-state index contributed by atoms with van der Waals surface area (Å²) in [6.07, 6.45) is 0.985. The first-order valence-corrected chi connectivity index (χ1v) is 5.17. The van der Waals surface area contributed by atoms with Crippen LogP contribution < -0.4 is 10.2 Å². The van der Waals surface area contributed by atoms with Gasteiger partial charge in [0.05, 0.1) is 5.69 Å². The van der Waals surface area contributed by atoms with Gasteiger partial charge in [-0.05, 0) is 13.3 Å². The fourth-order valence-corrected chi connectivity index (χ4v) is 2.00. The zero-order chi connectivity index (χ0) is 10.3. The van der Waals surface area contributed by atoms with E-state index >= 15 is 0 Å². The number of fused-ring (bicyclic) bond motifs is 1. The Hall–Kier alpha value is -1.19. The van der Waals surface area contributed by atoms with Crippen LogP contribution in [0.3, 0.4) is 0 Å². The number of nitrogens with zero attached hydrogens (tertiary/aromatic N) is 3. The lowest BCUT2D eigenvalue weighted by Crippen LogP contribution is -2.40. The van der Waals surface area contributed by atoms with Crippen molar-refractivity contribution < 1.29 is 0 Å². The molecule has 0 saturated carbocycles. The summed E-state index contributed by atoms with van der Waals surface area (Å²) < 4.78 is 1.97. The standard InChI is InChI=1S/C10H18N4/c1-5-8-9-10(14(4)12-8)13(3)7(2)6-11-9/h7,11H,5-6H2,1-4H3. The third kappa shape index (κ3) is 1.17. The Balaban J connectivity index is 2.49. The predicted octanol–water partition coefficient (Wildman–Crippen LogP) is 1.23. The van der Waals surface area contributed by atoms with E-state index in [1.165, 1.54) is 17.2 Å². The number of likely N-dealkylation sites (N-methyl/N-ethyl adjacent to an activating group) is 1. The predicted molar refractivity (Wildman–Crippen MR) is 58.9 cm³/mol. The molecule has 14 heavy (non-hydrogen) atoms. The molecule has 0 saturated heterocycles. The third-order valence-electron chi connectivity index (χ3n) is 2.99. The fourth-order valence-electron chi connectivity index (χ4n) is 2.00. The highest BCUT2D eigenvalue weighted by Gasteiger charge is 2.25. The maximum absolute atomic E-state index is 4.51. The normalized spacial score (nSPS) is 20.6. The van der Waals surface area contributed by atoms with E-state index in [-0.39, 0.29) is 0 Å². The molecule has 1 N–H and O–H groups in total. The second-order valence-electron chi connectivity index (χ2n) is 3.96. The molecule has 1 unspecified atom stereocenters. The summed E-state index contributed by atoms with van der Waals surface area (Å²) in [6.45, 7) is 5.36. The second-order valence-corrected chi connectivity index (χ2v) is 3.96. The van der Waals surface area contributed by atoms with Gasteiger partial charge in [0, 0.05) is 26.7 Å². The first kappa shape index (κ1) is 9.37. The van der Waals surface area contributed by atoms with E-state index in [1.54, 1.807) is 0 Å². The monoisotopic (exact) mass is 194 g/mol. The lowest BCUT2D eigenvalue weighted by molar-refractivity contribution is 0.652. The van der Waals surface area contributed by atoms with Gasteiger partial charge in [-0.3, -0.25) is 4.68 Å². The van der Waals surface area contributed by atoms with Crippen molar-refractivity contribution in [2.75, 3.05) is 23.8 Å². The fraction of sp³-hybridized carbons (Fsp3) is 0.700. The van der Waals surface area contributed by atoms with Crippen LogP contribution in [0.1, 0.15) is 19.5 Å². The lowest BCUT2D eigenvalue weighted by atomic mass is 10.2. The molecule has 0 amide bonds. The van der Waals surface area contributed by atoms with Gasteiger partial charge in [0.2, 0.25) is 0 Å². The Morgan fingerprint density at radius 3 is 2.86 bits per heavy atom. The van der Waals surface area contributed by atoms with E-state index in [4.69, 9.17) is 0 Å². The second kappa shape index (κ2) is 3.19. The summed E-state index contributed by atoms with van der Waals surface area (Å²) in [5.74, 6) is 1.21. The molecule has 1 atom stereocenters. The zero-order valence-corrected chi connectivity index (χ0v) is 9.33. The van der Waals surface area contributed by atoms with Gasteiger partial charge < -0.3 is 10.2 Å². The van der Waals surface area contributed by atoms with Gasteiger partial charge in [0.25, 0.3) is 0 Å². The van der Waals surface area contributed by atoms with E-state index in [2.05, 4.69) is 36.2 Å². The number of aromatic nitrogens is 2. The lowest BCUT2D eigenvalue weighted by Gasteiger charge is -2.33. The minimum absolute atomic E-state index is 0.530. The van der Waals surface area contributed by atoms with E-state index in [0.29, 0.717) is 6.04 Å². The van der Waals surface area contributed by atoms with Crippen molar-refractivity contribution in [3.8, 4) is 0 Å². The van der Waals surface area contributed by atoms with Crippen LogP contribution in [-0.2, 0) is 13.5 Å². The minimum Gasteiger partial charge on any atom is -0.378 e. The highest BCUT2D eigenvalue weighted by atomic mass is 15.4. The molecular formula is C10H18N4. The van der Waals surface area contributed by atoms with Crippen molar-refractivity contribution >= 4 is 11.5 Å². The van der Waals surface area contributed by atoms with Gasteiger partial charge in [0.1, 0.15) is 5.69 Å². The number of aryl methyl sites for hydroxylation is 2. The van der Waals surface area contributed by atoms with Crippen molar-refractivity contribution in [1.82, 2.24) is 9.78 Å². The summed E-state index contributed by atoms with van der Waals surface area (Å²) in [7, 11) is 4.14. The van der Waals surface area contributed by atoms with Crippen molar-refractivity contribution in [3.05, 3.63) is 5.69 Å². The molecule has 0 aliphatic carbocycles. The average molecular weight is 194 g/mol. The molecule has 0 fully saturated rings. The number of nitrogens with one attached hydrogen (secondary N) is 1. The molecule has 0 radical (unpaired) electrons. The molecule has 2 rings (SSSR count). The van der Waals surface area contributed by atoms with Crippen LogP contribution in [-0.4, -0.2) is 29.4 Å². The van der Waals surface area contributed by atoms with Crippen LogP contribution in [0.15, 0.2) is 0 Å². The summed E-state index contributed by atoms with van der Waals surface area (Å²) in [5.41, 5.74) is 2.39. The molecule has 1 aliphatic heterocycles. The number of anilines is 2. The quantitative estimate of drug-likeness (QED) is 0.730. The smallest absolute Gasteiger partial charge is 0.150 e. The Morgan fingerprint density at radius 2 is 2.21 bits per heavy atom. The average Bonchev–Trinajstić information content (AvgIpc) is 2.49. The van der Waals surface area contributed by atoms with Crippen molar-refractivity contribution in [1.29, 1.82) is 0 Å². The van der Waals surface area contributed by atoms with Gasteiger partial charge in [-0.15, -0.1) is 0 Å². The van der Waals surface area contributed by atoms with Gasteiger partial charge in [-0.1, -0.05) is 6.92 Å². The molecule has 0 bridgehead atoms. The highest BCUT2D eigenvalue weighted by molar-refractivity contribution is 5.71. The Kier molecular flexibility index (Phi) is 2.13. The van der Waals surface area contributed by atoms with Crippen molar-refractivity contribution in [3.63, 3.8) is 0 Å². The third-order valence-corrected chi connectivity index (χ3v) is 2.99. The molecule has 4 nitrogen and oxygen atoms in total. The molecular weight excluding hydrogens is 176 g/mol. The highest BCUT2D eigenvalue weighted by Crippen LogP contribution is 2.32. The van der Waals surface area contributed by atoms with Gasteiger partial charge >= 0.3 is 0 Å². The van der Waals surface area contributed by atoms with Crippen LogP contribution in [0.5, 0.6) is 0 Å². The van der Waals surface area contributed by atoms with Crippen LogP contribution in [0.4, 0.5) is 11.5 Å². The van der Waals surface area contributed by atoms with Crippen molar-refractivity contribution in [2.24, 2.45) is 7.05 Å². The summed E-state index contributed by atoms with van der Waals surface area (Å²) in [4.78, 5) is 2.29. The van der Waals surface area contributed by atoms with Gasteiger partial charge in [-0.25, -0.2) is 0 Å². The largest absolute Gasteiger partial charge is 0.378 e. The van der Waals surface area contributed by atoms with Crippen molar-refractivity contribution in [2.45, 2.75) is 26.3 Å². The Bertz CT molecular complexity index is 342. The van der Waals surface area contributed by atoms with E-state index in [1.807, 2.05) is 11.7 Å². The maximum Gasteiger partial charge on any atom is 0.150 e. The van der Waals surface area contributed by atoms with Gasteiger partial charge in [0.15, 0.2) is 5.82 Å². The van der Waals surface area contributed by atoms with Crippen LogP contribution in [0.2, 0.25) is 0 Å². The molecule has 0 spiro atoms. The topological polar surface area (TPSA) is 33.1 Å². The SMILES string of the molecule is CCc1nn(C)c2c1NCC(C)N2C. The summed E-state index contributed by atoms with van der Waals surface area (Å²) >= 11 is 0. The molecule has 1 aromatic rings. The van der Waals surface area contributed by atoms with E-state index < -0.39 is 0 Å². The number of hydrogen-bond acceptors (Lipinski definition) is 3. The first-order chi connectivity index (χ1) is 6.65. The number of hydrogen-bond donors (Lipinski definition) is 1. The molecule has 1 aliphatic rings.